The van der Waals surface area contributed by atoms with E-state index in [1.165, 1.54) is 0 Å². The highest BCUT2D eigenvalue weighted by molar-refractivity contribution is 7.89. The van der Waals surface area contributed by atoms with Gasteiger partial charge in [-0.15, -0.1) is 0 Å². The topological polar surface area (TPSA) is 75.7 Å². The predicted octanol–water partition coefficient (Wildman–Crippen LogP) is 2.03. The van der Waals surface area contributed by atoms with Gasteiger partial charge in [0.1, 0.15) is 5.75 Å². The van der Waals surface area contributed by atoms with E-state index in [9.17, 15) is 13.2 Å². The van der Waals surface area contributed by atoms with Crippen LogP contribution in [0.5, 0.6) is 5.75 Å². The number of carbonyl (C=O) groups excluding carboxylic acids is 1. The summed E-state index contributed by atoms with van der Waals surface area (Å²) in [7, 11) is -1.96. The number of nitrogens with one attached hydrogen (secondary N) is 1. The van der Waals surface area contributed by atoms with Crippen molar-refractivity contribution in [2.45, 2.75) is 11.3 Å². The minimum Gasteiger partial charge on any atom is -0.497 e. The van der Waals surface area contributed by atoms with Crippen LogP contribution in [0.25, 0.3) is 0 Å². The van der Waals surface area contributed by atoms with Crippen LogP contribution in [0.1, 0.15) is 6.42 Å². The molecule has 7 heteroatoms. The molecule has 1 fully saturated rings. The third-order valence-corrected chi connectivity index (χ3v) is 5.64. The van der Waals surface area contributed by atoms with Crippen molar-refractivity contribution in [1.29, 1.82) is 0 Å². The van der Waals surface area contributed by atoms with Crippen LogP contribution in [0.15, 0.2) is 59.5 Å². The van der Waals surface area contributed by atoms with Crippen LogP contribution in [0, 0.1) is 5.92 Å². The number of carbonyl (C=O) groups is 1. The minimum atomic E-state index is -3.55. The number of anilines is 1. The Morgan fingerprint density at radius 1 is 1.12 bits per heavy atom. The van der Waals surface area contributed by atoms with Crippen LogP contribution >= 0.6 is 0 Å². The van der Waals surface area contributed by atoms with Gasteiger partial charge in [0.2, 0.25) is 15.9 Å². The van der Waals surface area contributed by atoms with Gasteiger partial charge in [0.15, 0.2) is 0 Å². The Labute approximate surface area is 147 Å². The normalized spacial score (nSPS) is 17.7. The van der Waals surface area contributed by atoms with Gasteiger partial charge in [0.05, 0.1) is 12.0 Å². The van der Waals surface area contributed by atoms with E-state index in [0.29, 0.717) is 13.0 Å². The summed E-state index contributed by atoms with van der Waals surface area (Å²) in [5.74, 6) is 0.657. The zero-order valence-electron chi connectivity index (χ0n) is 13.9. The van der Waals surface area contributed by atoms with Gasteiger partial charge < -0.3 is 9.64 Å². The van der Waals surface area contributed by atoms with Gasteiger partial charge in [-0.25, -0.2) is 13.1 Å². The van der Waals surface area contributed by atoms with E-state index in [4.69, 9.17) is 4.74 Å². The third kappa shape index (κ3) is 4.00. The zero-order chi connectivity index (χ0) is 17.9. The Morgan fingerprint density at radius 2 is 1.80 bits per heavy atom. The molecule has 0 spiro atoms. The Bertz CT molecular complexity index is 835. The summed E-state index contributed by atoms with van der Waals surface area (Å²) in [6, 6.07) is 15.5. The maximum Gasteiger partial charge on any atom is 0.240 e. The van der Waals surface area contributed by atoms with Gasteiger partial charge in [0.25, 0.3) is 0 Å². The van der Waals surface area contributed by atoms with Crippen molar-refractivity contribution in [1.82, 2.24) is 4.72 Å². The van der Waals surface area contributed by atoms with Gasteiger partial charge in [-0.05, 0) is 42.3 Å². The summed E-state index contributed by atoms with van der Waals surface area (Å²) >= 11 is 0. The Balaban J connectivity index is 1.63. The van der Waals surface area contributed by atoms with E-state index in [1.54, 1.807) is 54.5 Å². The molecule has 25 heavy (non-hydrogen) atoms. The number of ether oxygens (including phenoxy) is 1. The molecule has 0 saturated carbocycles. The molecule has 0 unspecified atom stereocenters. The largest absolute Gasteiger partial charge is 0.497 e. The van der Waals surface area contributed by atoms with E-state index < -0.39 is 10.0 Å². The molecule has 1 N–H and O–H groups in total. The van der Waals surface area contributed by atoms with Crippen molar-refractivity contribution in [3.8, 4) is 5.75 Å². The first-order valence-electron chi connectivity index (χ1n) is 7.99. The minimum absolute atomic E-state index is 0.00549. The number of amides is 1. The standard InChI is InChI=1S/C18H20N2O4S/c1-24-16-9-7-15(8-10-16)20-13-14(11-18(20)21)12-19-25(22,23)17-5-3-2-4-6-17/h2-10,14,19H,11-13H2,1H3/t14-/m1/s1. The second-order valence-corrected chi connectivity index (χ2v) is 7.70. The van der Waals surface area contributed by atoms with E-state index >= 15 is 0 Å². The smallest absolute Gasteiger partial charge is 0.240 e. The summed E-state index contributed by atoms with van der Waals surface area (Å²) in [4.78, 5) is 14.2. The molecular formula is C18H20N2O4S. The second kappa shape index (κ2) is 7.25. The highest BCUT2D eigenvalue weighted by Crippen LogP contribution is 2.26. The molecule has 1 aliphatic heterocycles. The number of nitrogens with zero attached hydrogens (tertiary/aromatic N) is 1. The number of sulfonamides is 1. The molecule has 2 aromatic rings. The predicted molar refractivity (Wildman–Crippen MR) is 95.1 cm³/mol. The lowest BCUT2D eigenvalue weighted by Gasteiger charge is -2.17. The van der Waals surface area contributed by atoms with E-state index in [1.807, 2.05) is 12.1 Å². The molecular weight excluding hydrogens is 340 g/mol. The third-order valence-electron chi connectivity index (χ3n) is 4.20. The van der Waals surface area contributed by atoms with Crippen molar-refractivity contribution < 1.29 is 17.9 Å². The summed E-state index contributed by atoms with van der Waals surface area (Å²) in [6.45, 7) is 0.720. The van der Waals surface area contributed by atoms with E-state index in [2.05, 4.69) is 4.72 Å². The maximum atomic E-state index is 12.3. The number of methoxy groups -OCH3 is 1. The Hall–Kier alpha value is -2.38. The molecule has 1 amide bonds. The fourth-order valence-corrected chi connectivity index (χ4v) is 3.98. The lowest BCUT2D eigenvalue weighted by Crippen LogP contribution is -2.31. The van der Waals surface area contributed by atoms with Gasteiger partial charge in [-0.2, -0.15) is 0 Å². The molecule has 2 aromatic carbocycles. The fourth-order valence-electron chi connectivity index (χ4n) is 2.84. The van der Waals surface area contributed by atoms with Gasteiger partial charge >= 0.3 is 0 Å². The van der Waals surface area contributed by atoms with Crippen LogP contribution in [0.2, 0.25) is 0 Å². The fraction of sp³-hybridized carbons (Fsp3) is 0.278. The number of hydrogen-bond donors (Lipinski definition) is 1. The molecule has 0 aliphatic carbocycles. The van der Waals surface area contributed by atoms with Crippen molar-refractivity contribution in [3.05, 3.63) is 54.6 Å². The molecule has 0 aromatic heterocycles. The van der Waals surface area contributed by atoms with E-state index in [-0.39, 0.29) is 23.3 Å². The van der Waals surface area contributed by atoms with Crippen LogP contribution in [-0.4, -0.2) is 34.5 Å². The van der Waals surface area contributed by atoms with Crippen LogP contribution in [-0.2, 0) is 14.8 Å². The zero-order valence-corrected chi connectivity index (χ0v) is 14.7. The average molecular weight is 360 g/mol. The monoisotopic (exact) mass is 360 g/mol. The van der Waals surface area contributed by atoms with Crippen molar-refractivity contribution in [2.24, 2.45) is 5.92 Å². The second-order valence-electron chi connectivity index (χ2n) is 5.94. The van der Waals surface area contributed by atoms with Gasteiger partial charge in [0, 0.05) is 25.2 Å². The van der Waals surface area contributed by atoms with Crippen molar-refractivity contribution in [2.75, 3.05) is 25.1 Å². The van der Waals surface area contributed by atoms with Crippen LogP contribution in [0.4, 0.5) is 5.69 Å². The molecule has 0 radical (unpaired) electrons. The highest BCUT2D eigenvalue weighted by atomic mass is 32.2. The van der Waals surface area contributed by atoms with Gasteiger partial charge in [-0.1, -0.05) is 18.2 Å². The quantitative estimate of drug-likeness (QED) is 0.855. The summed E-state index contributed by atoms with van der Waals surface area (Å²) in [6.07, 6.45) is 0.323. The highest BCUT2D eigenvalue weighted by Gasteiger charge is 2.31. The maximum absolute atomic E-state index is 12.3. The first-order chi connectivity index (χ1) is 12.0. The van der Waals surface area contributed by atoms with Gasteiger partial charge in [-0.3, -0.25) is 4.79 Å². The Kier molecular flexibility index (Phi) is 5.06. The average Bonchev–Trinajstić information content (AvgIpc) is 3.02. The number of hydrogen-bond acceptors (Lipinski definition) is 4. The Morgan fingerprint density at radius 3 is 2.44 bits per heavy atom. The first-order valence-corrected chi connectivity index (χ1v) is 9.47. The number of rotatable bonds is 6. The molecule has 132 valence electrons. The molecule has 1 saturated heterocycles. The molecule has 1 atom stereocenters. The lowest BCUT2D eigenvalue weighted by atomic mass is 10.1. The molecule has 3 rings (SSSR count). The summed E-state index contributed by atoms with van der Waals surface area (Å²) in [5, 5.41) is 0. The number of benzene rings is 2. The first kappa shape index (κ1) is 17.4. The molecule has 1 aliphatic rings. The van der Waals surface area contributed by atoms with Crippen LogP contribution in [0.3, 0.4) is 0 Å². The van der Waals surface area contributed by atoms with Crippen LogP contribution < -0.4 is 14.4 Å². The summed E-state index contributed by atoms with van der Waals surface area (Å²) < 4.78 is 32.3. The molecule has 1 heterocycles. The molecule has 0 bridgehead atoms. The SMILES string of the molecule is COc1ccc(N2C[C@@H](CNS(=O)(=O)c3ccccc3)CC2=O)cc1. The van der Waals surface area contributed by atoms with Crippen molar-refractivity contribution >= 4 is 21.6 Å². The van der Waals surface area contributed by atoms with E-state index in [0.717, 1.165) is 11.4 Å². The molecule has 6 nitrogen and oxygen atoms in total. The lowest BCUT2D eigenvalue weighted by molar-refractivity contribution is -0.117. The van der Waals surface area contributed by atoms with Crippen molar-refractivity contribution in [3.63, 3.8) is 0 Å². The summed E-state index contributed by atoms with van der Waals surface area (Å²) in [5.41, 5.74) is 0.791.